The van der Waals surface area contributed by atoms with Gasteiger partial charge in [0.25, 0.3) is 0 Å². The summed E-state index contributed by atoms with van der Waals surface area (Å²) in [5.74, 6) is -0.295. The fourth-order valence-corrected chi connectivity index (χ4v) is 1.48. The molecule has 0 atom stereocenters. The summed E-state index contributed by atoms with van der Waals surface area (Å²) in [6.07, 6.45) is 1.20. The third kappa shape index (κ3) is 3.80. The van der Waals surface area contributed by atoms with Crippen LogP contribution in [0.2, 0.25) is 0 Å². The molecule has 0 unspecified atom stereocenters. The zero-order chi connectivity index (χ0) is 14.4. The number of rotatable bonds is 5. The minimum atomic E-state index is -0.942. The van der Waals surface area contributed by atoms with Gasteiger partial charge >= 0.3 is 11.7 Å². The minimum absolute atomic E-state index is 0.0889. The first kappa shape index (κ1) is 14.7. The van der Waals surface area contributed by atoms with Gasteiger partial charge in [-0.3, -0.25) is 10.1 Å². The van der Waals surface area contributed by atoms with Gasteiger partial charge in [0.1, 0.15) is 5.75 Å². The Morgan fingerprint density at radius 1 is 1.47 bits per heavy atom. The molecule has 0 radical (unpaired) electrons. The average molecular weight is 265 g/mol. The Morgan fingerprint density at radius 3 is 2.63 bits per heavy atom. The van der Waals surface area contributed by atoms with E-state index in [0.717, 1.165) is 5.56 Å². The molecule has 1 aromatic carbocycles. The number of methoxy groups -OCH3 is 1. The molecule has 19 heavy (non-hydrogen) atoms. The normalized spacial score (nSPS) is 11.0. The molecule has 0 fully saturated rings. The number of esters is 1. The molecule has 0 spiro atoms. The molecule has 0 bridgehead atoms. The van der Waals surface area contributed by atoms with E-state index in [1.54, 1.807) is 32.0 Å². The van der Waals surface area contributed by atoms with Crippen molar-refractivity contribution in [1.29, 1.82) is 0 Å². The number of ether oxygens (including phenoxy) is 2. The third-order valence-corrected chi connectivity index (χ3v) is 2.45. The highest BCUT2D eigenvalue weighted by molar-refractivity contribution is 5.91. The fraction of sp³-hybridized carbons (Fsp3) is 0.308. The molecule has 6 nitrogen and oxygen atoms in total. The first-order valence-corrected chi connectivity index (χ1v) is 5.67. The molecule has 0 aromatic heterocycles. The van der Waals surface area contributed by atoms with Gasteiger partial charge in [-0.1, -0.05) is 6.07 Å². The molecule has 0 aliphatic rings. The van der Waals surface area contributed by atoms with Gasteiger partial charge in [-0.05, 0) is 37.1 Å². The molecule has 1 rings (SSSR count). The van der Waals surface area contributed by atoms with Crippen molar-refractivity contribution in [3.63, 3.8) is 0 Å². The van der Waals surface area contributed by atoms with E-state index >= 15 is 0 Å². The number of benzene rings is 1. The smallest absolute Gasteiger partial charge is 0.409 e. The van der Waals surface area contributed by atoms with Crippen LogP contribution in [-0.4, -0.2) is 24.6 Å². The first-order valence-electron chi connectivity index (χ1n) is 5.67. The summed E-state index contributed by atoms with van der Waals surface area (Å²) in [5, 5.41) is 10.9. The van der Waals surface area contributed by atoms with Crippen molar-refractivity contribution in [2.75, 3.05) is 13.7 Å². The fourth-order valence-electron chi connectivity index (χ4n) is 1.48. The number of carbonyl (C=O) groups excluding carboxylic acids is 1. The van der Waals surface area contributed by atoms with Crippen molar-refractivity contribution in [2.45, 2.75) is 13.8 Å². The number of nitrogens with zero attached hydrogens (tertiary/aromatic N) is 1. The number of carbonyl (C=O) groups is 1. The average Bonchev–Trinajstić information content (AvgIpc) is 2.36. The Kier molecular flexibility index (Phi) is 5.05. The van der Waals surface area contributed by atoms with Crippen molar-refractivity contribution >= 4 is 12.0 Å². The lowest BCUT2D eigenvalue weighted by Gasteiger charge is -2.04. The number of aryl methyl sites for hydroxylation is 1. The second-order valence-corrected chi connectivity index (χ2v) is 3.73. The van der Waals surface area contributed by atoms with Crippen LogP contribution in [-0.2, 0) is 9.53 Å². The molecule has 102 valence electrons. The zero-order valence-electron chi connectivity index (χ0n) is 11.0. The molecule has 6 heteroatoms. The van der Waals surface area contributed by atoms with Gasteiger partial charge in [0.15, 0.2) is 0 Å². The predicted molar refractivity (Wildman–Crippen MR) is 69.3 cm³/mol. The lowest BCUT2D eigenvalue weighted by molar-refractivity contribution is -0.419. The van der Waals surface area contributed by atoms with E-state index < -0.39 is 16.6 Å². The summed E-state index contributed by atoms with van der Waals surface area (Å²) in [6, 6.07) is 5.05. The zero-order valence-corrected chi connectivity index (χ0v) is 11.0. The predicted octanol–water partition coefficient (Wildman–Crippen LogP) is 2.18. The topological polar surface area (TPSA) is 78.7 Å². The van der Waals surface area contributed by atoms with Crippen molar-refractivity contribution in [2.24, 2.45) is 0 Å². The van der Waals surface area contributed by atoms with E-state index in [2.05, 4.69) is 4.74 Å². The maximum Gasteiger partial charge on any atom is 0.409 e. The van der Waals surface area contributed by atoms with Gasteiger partial charge in [0.05, 0.1) is 18.6 Å². The van der Waals surface area contributed by atoms with Gasteiger partial charge < -0.3 is 9.47 Å². The largest absolute Gasteiger partial charge is 0.497 e. The monoisotopic (exact) mass is 265 g/mol. The summed E-state index contributed by atoms with van der Waals surface area (Å²) in [6.45, 7) is 3.46. The van der Waals surface area contributed by atoms with E-state index in [-0.39, 0.29) is 6.61 Å². The highest BCUT2D eigenvalue weighted by Gasteiger charge is 2.23. The Bertz CT molecular complexity index is 522. The van der Waals surface area contributed by atoms with E-state index in [0.29, 0.717) is 11.3 Å². The van der Waals surface area contributed by atoms with Gasteiger partial charge in [-0.2, -0.15) is 0 Å². The molecule has 0 aliphatic carbocycles. The first-order chi connectivity index (χ1) is 8.99. The van der Waals surface area contributed by atoms with E-state index in [1.165, 1.54) is 13.2 Å². The summed E-state index contributed by atoms with van der Waals surface area (Å²) >= 11 is 0. The Morgan fingerprint density at radius 2 is 2.16 bits per heavy atom. The molecular formula is C13H15NO5. The van der Waals surface area contributed by atoms with E-state index in [1.807, 2.05) is 0 Å². The lowest BCUT2D eigenvalue weighted by Crippen LogP contribution is -2.14. The highest BCUT2D eigenvalue weighted by Crippen LogP contribution is 2.19. The molecule has 0 saturated carbocycles. The molecule has 0 aliphatic heterocycles. The van der Waals surface area contributed by atoms with Gasteiger partial charge in [0, 0.05) is 6.08 Å². The van der Waals surface area contributed by atoms with Crippen LogP contribution in [0, 0.1) is 17.0 Å². The molecule has 0 heterocycles. The second-order valence-electron chi connectivity index (χ2n) is 3.73. The van der Waals surface area contributed by atoms with E-state index in [9.17, 15) is 14.9 Å². The van der Waals surface area contributed by atoms with Crippen LogP contribution in [0.4, 0.5) is 0 Å². The van der Waals surface area contributed by atoms with Crippen LogP contribution >= 0.6 is 0 Å². The Labute approximate surface area is 110 Å². The van der Waals surface area contributed by atoms with Crippen molar-refractivity contribution in [1.82, 2.24) is 0 Å². The Balaban J connectivity index is 3.15. The lowest BCUT2D eigenvalue weighted by atomic mass is 10.1. The van der Waals surface area contributed by atoms with Gasteiger partial charge in [-0.15, -0.1) is 0 Å². The maximum atomic E-state index is 11.5. The van der Waals surface area contributed by atoms with Crippen LogP contribution < -0.4 is 4.74 Å². The third-order valence-electron chi connectivity index (χ3n) is 2.45. The van der Waals surface area contributed by atoms with Crippen molar-refractivity contribution < 1.29 is 19.2 Å². The molecule has 1 aromatic rings. The summed E-state index contributed by atoms with van der Waals surface area (Å²) < 4.78 is 9.69. The standard InChI is InChI=1S/C13H15NO5/c1-4-19-13(15)12(14(16)17)8-10-5-6-11(18-3)7-9(10)2/h5-8H,4H2,1-3H3/b12-8-. The van der Waals surface area contributed by atoms with Crippen LogP contribution in [0.25, 0.3) is 6.08 Å². The molecule has 0 saturated heterocycles. The van der Waals surface area contributed by atoms with Crippen LogP contribution in [0.1, 0.15) is 18.1 Å². The van der Waals surface area contributed by atoms with Gasteiger partial charge in [-0.25, -0.2) is 4.79 Å². The molecule has 0 amide bonds. The van der Waals surface area contributed by atoms with Crippen LogP contribution in [0.5, 0.6) is 5.75 Å². The summed E-state index contributed by atoms with van der Waals surface area (Å²) in [7, 11) is 1.53. The Hall–Kier alpha value is -2.37. The minimum Gasteiger partial charge on any atom is -0.497 e. The SMILES string of the molecule is CCOC(=O)/C(=C/c1ccc(OC)cc1C)[N+](=O)[O-]. The van der Waals surface area contributed by atoms with Crippen LogP contribution in [0.3, 0.4) is 0 Å². The maximum absolute atomic E-state index is 11.5. The van der Waals surface area contributed by atoms with Crippen molar-refractivity contribution in [3.05, 3.63) is 45.1 Å². The number of hydrogen-bond donors (Lipinski definition) is 0. The summed E-state index contributed by atoms with van der Waals surface area (Å²) in [4.78, 5) is 21.6. The summed E-state index contributed by atoms with van der Waals surface area (Å²) in [5.41, 5.74) is 0.749. The number of nitro groups is 1. The quantitative estimate of drug-likeness (QED) is 0.353. The van der Waals surface area contributed by atoms with E-state index in [4.69, 9.17) is 4.74 Å². The van der Waals surface area contributed by atoms with Crippen LogP contribution in [0.15, 0.2) is 23.9 Å². The second kappa shape index (κ2) is 6.53. The molecular weight excluding hydrogens is 250 g/mol. The highest BCUT2D eigenvalue weighted by atomic mass is 16.6. The van der Waals surface area contributed by atoms with Gasteiger partial charge in [0.2, 0.25) is 0 Å². The van der Waals surface area contributed by atoms with Crippen molar-refractivity contribution in [3.8, 4) is 5.75 Å². The number of hydrogen-bond acceptors (Lipinski definition) is 5. The molecule has 0 N–H and O–H groups in total.